The Kier molecular flexibility index (Phi) is 6.90. The van der Waals surface area contributed by atoms with Gasteiger partial charge in [0.2, 0.25) is 0 Å². The third-order valence-electron chi connectivity index (χ3n) is 5.32. The number of esters is 1. The maximum Gasteiger partial charge on any atom is 0.306 e. The van der Waals surface area contributed by atoms with Crippen LogP contribution in [0.5, 0.6) is 11.5 Å². The second-order valence-electron chi connectivity index (χ2n) is 7.76. The number of fused-ring (bicyclic) bond motifs is 3. The molecule has 7 nitrogen and oxygen atoms in total. The van der Waals surface area contributed by atoms with Gasteiger partial charge in [-0.1, -0.05) is 36.4 Å². The third kappa shape index (κ3) is 5.70. The molecule has 170 valence electrons. The fourth-order valence-electron chi connectivity index (χ4n) is 3.63. The fraction of sp³-hybridized carbons (Fsp3) is 0.231. The highest BCUT2D eigenvalue weighted by molar-refractivity contribution is 5.77. The Balaban J connectivity index is 1.36. The molecule has 1 aliphatic heterocycles. The van der Waals surface area contributed by atoms with Crippen molar-refractivity contribution in [3.05, 3.63) is 82.9 Å². The van der Waals surface area contributed by atoms with Crippen LogP contribution in [0.1, 0.15) is 35.1 Å². The minimum absolute atomic E-state index is 0.0232. The Morgan fingerprint density at radius 2 is 1.67 bits per heavy atom. The van der Waals surface area contributed by atoms with Crippen LogP contribution in [0, 0.1) is 0 Å². The van der Waals surface area contributed by atoms with Crippen LogP contribution in [0.15, 0.2) is 60.7 Å². The second-order valence-corrected chi connectivity index (χ2v) is 7.76. The number of ether oxygens (including phenoxy) is 3. The number of carboxylic acid groups (broad SMARTS) is 1. The van der Waals surface area contributed by atoms with Crippen molar-refractivity contribution in [1.29, 1.82) is 0 Å². The van der Waals surface area contributed by atoms with Crippen molar-refractivity contribution in [2.75, 3.05) is 0 Å². The first-order valence-electron chi connectivity index (χ1n) is 10.6. The highest BCUT2D eigenvalue weighted by Gasteiger charge is 2.18. The van der Waals surface area contributed by atoms with E-state index in [9.17, 15) is 14.7 Å². The highest BCUT2D eigenvalue weighted by Crippen LogP contribution is 2.39. The SMILES string of the molecule is O=C(O)CCC(=O)OCc1cccc(COc2ccc3c(c2)COc2cc(CO)ccc2-3)c1. The van der Waals surface area contributed by atoms with Crippen LogP contribution in [-0.4, -0.2) is 22.2 Å². The van der Waals surface area contributed by atoms with E-state index in [-0.39, 0.29) is 26.1 Å². The molecule has 2 N–H and O–H groups in total. The monoisotopic (exact) mass is 448 g/mol. The Hall–Kier alpha value is -3.84. The molecule has 0 fully saturated rings. The van der Waals surface area contributed by atoms with Crippen LogP contribution in [0.4, 0.5) is 0 Å². The number of aliphatic carboxylic acids is 1. The lowest BCUT2D eigenvalue weighted by atomic mass is 9.96. The molecule has 0 aromatic heterocycles. The van der Waals surface area contributed by atoms with Gasteiger partial charge in [0.25, 0.3) is 0 Å². The first-order valence-corrected chi connectivity index (χ1v) is 10.6. The average molecular weight is 448 g/mol. The average Bonchev–Trinajstić information content (AvgIpc) is 2.84. The molecule has 7 heteroatoms. The molecule has 0 bridgehead atoms. The smallest absolute Gasteiger partial charge is 0.306 e. The number of rotatable bonds is 9. The molecule has 3 aromatic rings. The van der Waals surface area contributed by atoms with Crippen LogP contribution >= 0.6 is 0 Å². The van der Waals surface area contributed by atoms with E-state index in [2.05, 4.69) is 0 Å². The summed E-state index contributed by atoms with van der Waals surface area (Å²) in [5.41, 5.74) is 5.64. The standard InChI is InChI=1S/C26H24O7/c27-13-17-4-6-23-22-7-5-21(12-20(22)16-32-24(23)11-17)31-14-18-2-1-3-19(10-18)15-33-26(30)9-8-25(28)29/h1-7,10-12,27H,8-9,13-16H2,(H,28,29). The lowest BCUT2D eigenvalue weighted by molar-refractivity contribution is -0.148. The zero-order valence-corrected chi connectivity index (χ0v) is 18.0. The number of carbonyl (C=O) groups excluding carboxylic acids is 1. The number of aliphatic hydroxyl groups excluding tert-OH is 1. The number of aliphatic hydroxyl groups is 1. The predicted molar refractivity (Wildman–Crippen MR) is 120 cm³/mol. The molecule has 0 atom stereocenters. The number of carbonyl (C=O) groups is 2. The fourth-order valence-corrected chi connectivity index (χ4v) is 3.63. The van der Waals surface area contributed by atoms with E-state index in [1.165, 1.54) is 0 Å². The van der Waals surface area contributed by atoms with E-state index in [1.807, 2.05) is 60.7 Å². The van der Waals surface area contributed by atoms with Gasteiger partial charge in [-0.05, 0) is 46.5 Å². The molecule has 1 aliphatic rings. The van der Waals surface area contributed by atoms with E-state index in [1.54, 1.807) is 0 Å². The molecule has 0 unspecified atom stereocenters. The highest BCUT2D eigenvalue weighted by atomic mass is 16.5. The first-order chi connectivity index (χ1) is 16.0. The van der Waals surface area contributed by atoms with Crippen LogP contribution in [0.25, 0.3) is 11.1 Å². The van der Waals surface area contributed by atoms with E-state index in [4.69, 9.17) is 19.3 Å². The summed E-state index contributed by atoms with van der Waals surface area (Å²) in [6.45, 7) is 0.832. The molecule has 0 saturated heterocycles. The zero-order valence-electron chi connectivity index (χ0n) is 18.0. The van der Waals surface area contributed by atoms with Gasteiger partial charge >= 0.3 is 11.9 Å². The quantitative estimate of drug-likeness (QED) is 0.473. The van der Waals surface area contributed by atoms with Crippen molar-refractivity contribution in [3.8, 4) is 22.6 Å². The maximum absolute atomic E-state index is 11.6. The summed E-state index contributed by atoms with van der Waals surface area (Å²) in [7, 11) is 0. The molecule has 0 aliphatic carbocycles. The molecule has 1 heterocycles. The molecule has 0 radical (unpaired) electrons. The molecular formula is C26H24O7. The van der Waals surface area contributed by atoms with Gasteiger partial charge in [0, 0.05) is 11.1 Å². The summed E-state index contributed by atoms with van der Waals surface area (Å²) in [5.74, 6) is -0.0779. The van der Waals surface area contributed by atoms with E-state index in [0.29, 0.717) is 13.2 Å². The molecule has 3 aromatic carbocycles. The first kappa shape index (κ1) is 22.4. The number of carboxylic acids is 1. The van der Waals surface area contributed by atoms with Gasteiger partial charge in [-0.2, -0.15) is 0 Å². The molecule has 33 heavy (non-hydrogen) atoms. The summed E-state index contributed by atoms with van der Waals surface area (Å²) < 4.78 is 17.0. The van der Waals surface area contributed by atoms with Gasteiger partial charge in [-0.15, -0.1) is 0 Å². The number of benzene rings is 3. The van der Waals surface area contributed by atoms with Crippen LogP contribution in [0.3, 0.4) is 0 Å². The number of hydrogen-bond acceptors (Lipinski definition) is 6. The van der Waals surface area contributed by atoms with Crippen LogP contribution in [-0.2, 0) is 40.8 Å². The Morgan fingerprint density at radius 3 is 2.45 bits per heavy atom. The Morgan fingerprint density at radius 1 is 0.879 bits per heavy atom. The lowest BCUT2D eigenvalue weighted by Crippen LogP contribution is -2.08. The molecule has 0 spiro atoms. The lowest BCUT2D eigenvalue weighted by Gasteiger charge is -2.22. The van der Waals surface area contributed by atoms with Gasteiger partial charge in [-0.3, -0.25) is 9.59 Å². The Labute approximate surface area is 191 Å². The molecule has 4 rings (SSSR count). The van der Waals surface area contributed by atoms with Crippen LogP contribution < -0.4 is 9.47 Å². The number of hydrogen-bond donors (Lipinski definition) is 2. The topological polar surface area (TPSA) is 102 Å². The normalized spacial score (nSPS) is 11.7. The minimum atomic E-state index is -1.03. The largest absolute Gasteiger partial charge is 0.489 e. The Bertz CT molecular complexity index is 1170. The van der Waals surface area contributed by atoms with Crippen molar-refractivity contribution in [1.82, 2.24) is 0 Å². The van der Waals surface area contributed by atoms with Crippen molar-refractivity contribution >= 4 is 11.9 Å². The van der Waals surface area contributed by atoms with Gasteiger partial charge < -0.3 is 24.4 Å². The van der Waals surface area contributed by atoms with Crippen molar-refractivity contribution in [2.24, 2.45) is 0 Å². The van der Waals surface area contributed by atoms with E-state index >= 15 is 0 Å². The maximum atomic E-state index is 11.6. The molecule has 0 amide bonds. The summed E-state index contributed by atoms with van der Waals surface area (Å²) in [6.07, 6.45) is -0.388. The van der Waals surface area contributed by atoms with Crippen molar-refractivity contribution in [3.63, 3.8) is 0 Å². The predicted octanol–water partition coefficient (Wildman–Crippen LogP) is 4.23. The van der Waals surface area contributed by atoms with Gasteiger partial charge in [0.1, 0.15) is 31.3 Å². The van der Waals surface area contributed by atoms with E-state index in [0.717, 1.165) is 44.9 Å². The van der Waals surface area contributed by atoms with Gasteiger partial charge in [0.05, 0.1) is 19.4 Å². The van der Waals surface area contributed by atoms with Gasteiger partial charge in [0.15, 0.2) is 0 Å². The van der Waals surface area contributed by atoms with Crippen molar-refractivity contribution < 1.29 is 34.0 Å². The summed E-state index contributed by atoms with van der Waals surface area (Å²) >= 11 is 0. The van der Waals surface area contributed by atoms with Crippen LogP contribution in [0.2, 0.25) is 0 Å². The second kappa shape index (κ2) is 10.2. The van der Waals surface area contributed by atoms with Gasteiger partial charge in [-0.25, -0.2) is 0 Å². The summed E-state index contributed by atoms with van der Waals surface area (Å²) in [5, 5.41) is 17.9. The van der Waals surface area contributed by atoms with Crippen molar-refractivity contribution in [2.45, 2.75) is 39.3 Å². The summed E-state index contributed by atoms with van der Waals surface area (Å²) in [6, 6.07) is 19.1. The summed E-state index contributed by atoms with van der Waals surface area (Å²) in [4.78, 5) is 22.1. The van der Waals surface area contributed by atoms with E-state index < -0.39 is 11.9 Å². The molecular weight excluding hydrogens is 424 g/mol. The zero-order chi connectivity index (χ0) is 23.2. The minimum Gasteiger partial charge on any atom is -0.489 e. The molecule has 0 saturated carbocycles. The third-order valence-corrected chi connectivity index (χ3v) is 5.32.